The molecule has 0 aliphatic carbocycles. The van der Waals surface area contributed by atoms with E-state index in [4.69, 9.17) is 0 Å². The summed E-state index contributed by atoms with van der Waals surface area (Å²) in [6.45, 7) is 8.58. The van der Waals surface area contributed by atoms with Crippen LogP contribution >= 0.6 is 27.3 Å². The second kappa shape index (κ2) is 5.39. The summed E-state index contributed by atoms with van der Waals surface area (Å²) in [4.78, 5) is 2.18. The molecule has 102 valence electrons. The van der Waals surface area contributed by atoms with Crippen LogP contribution in [0.4, 0.5) is 0 Å². The number of hydrogen-bond acceptors (Lipinski definition) is 2. The number of halogens is 1. The van der Waals surface area contributed by atoms with Gasteiger partial charge in [-0.15, -0.1) is 11.3 Å². The third kappa shape index (κ3) is 3.10. The van der Waals surface area contributed by atoms with Gasteiger partial charge < -0.3 is 5.11 Å². The summed E-state index contributed by atoms with van der Waals surface area (Å²) in [5.41, 5.74) is 2.23. The van der Waals surface area contributed by atoms with Crippen LogP contribution < -0.4 is 0 Å². The van der Waals surface area contributed by atoms with E-state index in [9.17, 15) is 5.11 Å². The lowest BCUT2D eigenvalue weighted by Crippen LogP contribution is -2.16. The van der Waals surface area contributed by atoms with Crippen LogP contribution in [0.25, 0.3) is 0 Å². The Labute approximate surface area is 127 Å². The molecule has 0 saturated heterocycles. The molecule has 0 spiro atoms. The highest BCUT2D eigenvalue weighted by atomic mass is 79.9. The zero-order valence-electron chi connectivity index (χ0n) is 11.7. The molecule has 1 atom stereocenters. The summed E-state index contributed by atoms with van der Waals surface area (Å²) in [5, 5.41) is 10.7. The average Bonchev–Trinajstić information content (AvgIpc) is 2.68. The van der Waals surface area contributed by atoms with E-state index < -0.39 is 6.10 Å². The van der Waals surface area contributed by atoms with Gasteiger partial charge in [-0.1, -0.05) is 45.0 Å². The first-order valence-electron chi connectivity index (χ1n) is 6.34. The average molecular weight is 339 g/mol. The molecule has 1 unspecified atom stereocenters. The minimum Gasteiger partial charge on any atom is -0.383 e. The van der Waals surface area contributed by atoms with Gasteiger partial charge in [-0.25, -0.2) is 0 Å². The predicted molar refractivity (Wildman–Crippen MR) is 86.0 cm³/mol. The molecule has 19 heavy (non-hydrogen) atoms. The Balaban J connectivity index is 2.47. The van der Waals surface area contributed by atoms with E-state index in [1.54, 1.807) is 11.3 Å². The largest absolute Gasteiger partial charge is 0.383 e. The van der Waals surface area contributed by atoms with Gasteiger partial charge in [0.1, 0.15) is 6.10 Å². The van der Waals surface area contributed by atoms with Crippen LogP contribution in [-0.2, 0) is 5.41 Å². The molecule has 1 aromatic carbocycles. The van der Waals surface area contributed by atoms with Gasteiger partial charge in [0, 0.05) is 14.2 Å². The van der Waals surface area contributed by atoms with Crippen LogP contribution in [0.2, 0.25) is 0 Å². The van der Waals surface area contributed by atoms with Gasteiger partial charge in [0.05, 0.1) is 0 Å². The SMILES string of the molecule is Cc1sc(C(O)c2ccccc2C(C)(C)C)cc1Br. The van der Waals surface area contributed by atoms with Crippen molar-refractivity contribution in [1.29, 1.82) is 0 Å². The molecule has 1 N–H and O–H groups in total. The van der Waals surface area contributed by atoms with Gasteiger partial charge in [-0.05, 0) is 45.5 Å². The minimum absolute atomic E-state index is 0.0289. The predicted octanol–water partition coefficient (Wildman–Crippen LogP) is 5.20. The molecule has 0 radical (unpaired) electrons. The number of rotatable bonds is 2. The number of aryl methyl sites for hydroxylation is 1. The molecular weight excluding hydrogens is 320 g/mol. The Morgan fingerprint density at radius 1 is 1.21 bits per heavy atom. The number of thiophene rings is 1. The lowest BCUT2D eigenvalue weighted by molar-refractivity contribution is 0.221. The second-order valence-corrected chi connectivity index (χ2v) is 7.93. The highest BCUT2D eigenvalue weighted by molar-refractivity contribution is 9.10. The van der Waals surface area contributed by atoms with Crippen molar-refractivity contribution in [3.63, 3.8) is 0 Å². The Kier molecular flexibility index (Phi) is 4.19. The van der Waals surface area contributed by atoms with Gasteiger partial charge in [0.15, 0.2) is 0 Å². The topological polar surface area (TPSA) is 20.2 Å². The fourth-order valence-electron chi connectivity index (χ4n) is 2.19. The number of aliphatic hydroxyl groups excluding tert-OH is 1. The first-order chi connectivity index (χ1) is 8.80. The fraction of sp³-hybridized carbons (Fsp3) is 0.375. The van der Waals surface area contributed by atoms with E-state index in [2.05, 4.69) is 49.7 Å². The zero-order valence-corrected chi connectivity index (χ0v) is 14.1. The first kappa shape index (κ1) is 14.8. The maximum Gasteiger partial charge on any atom is 0.114 e. The fourth-order valence-corrected chi connectivity index (χ4v) is 3.75. The maximum atomic E-state index is 10.7. The molecule has 1 aromatic heterocycles. The van der Waals surface area contributed by atoms with Crippen LogP contribution in [0.1, 0.15) is 47.8 Å². The van der Waals surface area contributed by atoms with Gasteiger partial charge >= 0.3 is 0 Å². The van der Waals surface area contributed by atoms with Crippen molar-refractivity contribution in [2.75, 3.05) is 0 Å². The Hall–Kier alpha value is -0.640. The van der Waals surface area contributed by atoms with Crippen molar-refractivity contribution in [1.82, 2.24) is 0 Å². The second-order valence-electron chi connectivity index (χ2n) is 5.79. The molecule has 0 fully saturated rings. The number of benzene rings is 1. The van der Waals surface area contributed by atoms with Gasteiger partial charge in [-0.2, -0.15) is 0 Å². The lowest BCUT2D eigenvalue weighted by atomic mass is 9.82. The molecular formula is C16H19BrOS. The normalized spacial score (nSPS) is 13.6. The van der Waals surface area contributed by atoms with Crippen molar-refractivity contribution >= 4 is 27.3 Å². The summed E-state index contributed by atoms with van der Waals surface area (Å²) in [5.74, 6) is 0. The lowest BCUT2D eigenvalue weighted by Gasteiger charge is -2.25. The van der Waals surface area contributed by atoms with Crippen molar-refractivity contribution < 1.29 is 5.11 Å². The third-order valence-electron chi connectivity index (χ3n) is 3.21. The summed E-state index contributed by atoms with van der Waals surface area (Å²) in [7, 11) is 0. The van der Waals surface area contributed by atoms with Crippen molar-refractivity contribution in [2.24, 2.45) is 0 Å². The molecule has 0 amide bonds. The molecule has 1 nitrogen and oxygen atoms in total. The zero-order chi connectivity index (χ0) is 14.2. The molecule has 0 aliphatic heterocycles. The third-order valence-corrected chi connectivity index (χ3v) is 5.40. The monoisotopic (exact) mass is 338 g/mol. The Morgan fingerprint density at radius 2 is 1.84 bits per heavy atom. The molecule has 2 aromatic rings. The van der Waals surface area contributed by atoms with Gasteiger partial charge in [0.2, 0.25) is 0 Å². The standard InChI is InChI=1S/C16H19BrOS/c1-10-13(17)9-14(19-10)15(18)11-7-5-6-8-12(11)16(2,3)4/h5-9,15,18H,1-4H3. The van der Waals surface area contributed by atoms with E-state index in [0.717, 1.165) is 14.9 Å². The van der Waals surface area contributed by atoms with E-state index in [1.165, 1.54) is 10.4 Å². The molecule has 0 aliphatic rings. The molecule has 0 bridgehead atoms. The molecule has 3 heteroatoms. The van der Waals surface area contributed by atoms with E-state index >= 15 is 0 Å². The minimum atomic E-state index is -0.551. The van der Waals surface area contributed by atoms with Gasteiger partial charge in [0.25, 0.3) is 0 Å². The maximum absolute atomic E-state index is 10.7. The van der Waals surface area contributed by atoms with Crippen molar-refractivity contribution in [2.45, 2.75) is 39.2 Å². The number of aliphatic hydroxyl groups is 1. The highest BCUT2D eigenvalue weighted by Crippen LogP contribution is 2.37. The molecule has 1 heterocycles. The van der Waals surface area contributed by atoms with E-state index in [0.29, 0.717) is 0 Å². The summed E-state index contributed by atoms with van der Waals surface area (Å²) < 4.78 is 1.07. The smallest absolute Gasteiger partial charge is 0.114 e. The van der Waals surface area contributed by atoms with Crippen LogP contribution in [0, 0.1) is 6.92 Å². The van der Waals surface area contributed by atoms with Gasteiger partial charge in [-0.3, -0.25) is 0 Å². The Bertz CT molecular complexity index is 561. The van der Waals surface area contributed by atoms with Crippen molar-refractivity contribution in [3.05, 3.63) is 55.7 Å². The summed E-state index contributed by atoms with van der Waals surface area (Å²) in [6.07, 6.45) is -0.551. The first-order valence-corrected chi connectivity index (χ1v) is 7.95. The van der Waals surface area contributed by atoms with Crippen LogP contribution in [0.5, 0.6) is 0 Å². The van der Waals surface area contributed by atoms with Crippen LogP contribution in [-0.4, -0.2) is 5.11 Å². The van der Waals surface area contributed by atoms with Crippen molar-refractivity contribution in [3.8, 4) is 0 Å². The molecule has 2 rings (SSSR count). The number of hydrogen-bond donors (Lipinski definition) is 1. The molecule has 0 saturated carbocycles. The Morgan fingerprint density at radius 3 is 2.37 bits per heavy atom. The van der Waals surface area contributed by atoms with Crippen LogP contribution in [0.3, 0.4) is 0 Å². The van der Waals surface area contributed by atoms with Crippen LogP contribution in [0.15, 0.2) is 34.8 Å². The van der Waals surface area contributed by atoms with E-state index in [-0.39, 0.29) is 5.41 Å². The highest BCUT2D eigenvalue weighted by Gasteiger charge is 2.23. The van der Waals surface area contributed by atoms with E-state index in [1.807, 2.05) is 24.3 Å². The summed E-state index contributed by atoms with van der Waals surface area (Å²) >= 11 is 5.15. The summed E-state index contributed by atoms with van der Waals surface area (Å²) in [6, 6.07) is 10.2. The quantitative estimate of drug-likeness (QED) is 0.797.